The number of aromatic nitrogens is 2. The SMILES string of the molecule is Cc1cc([C@H](C(=O)N2C[C@H](O)C[C@H]2C(=O)N[C@H](c2ccc(-c3scnc3C)cc2)C(C)C)C(C)C)on1. The molecule has 2 aromatic heterocycles. The molecule has 2 N–H and O–H groups in total. The quantitative estimate of drug-likeness (QED) is 0.445. The third kappa shape index (κ3) is 5.78. The van der Waals surface area contributed by atoms with Crippen LogP contribution in [0, 0.1) is 25.7 Å². The molecule has 9 heteroatoms. The zero-order valence-electron chi connectivity index (χ0n) is 22.3. The third-order valence-electron chi connectivity index (χ3n) is 6.99. The Labute approximate surface area is 222 Å². The van der Waals surface area contributed by atoms with Crippen molar-refractivity contribution < 1.29 is 19.2 Å². The third-order valence-corrected chi connectivity index (χ3v) is 7.97. The summed E-state index contributed by atoms with van der Waals surface area (Å²) < 4.78 is 5.42. The van der Waals surface area contributed by atoms with Crippen LogP contribution < -0.4 is 5.32 Å². The number of thiazole rings is 1. The fraction of sp³-hybridized carbons (Fsp3) is 0.500. The standard InChI is InChI=1S/C28H36N4O4S/c1-15(2)24(23-11-17(5)31-36-23)28(35)32-13-21(33)12-22(32)27(34)30-25(16(3)4)19-7-9-20(10-8-19)26-18(6)29-14-37-26/h7-11,14-16,21-22,24-25,33H,12-13H2,1-6H3,(H,30,34)/t21-,22+,24-,25+/m1/s1. The van der Waals surface area contributed by atoms with E-state index in [2.05, 4.69) is 41.4 Å². The van der Waals surface area contributed by atoms with Gasteiger partial charge in [0, 0.05) is 19.0 Å². The summed E-state index contributed by atoms with van der Waals surface area (Å²) in [5.41, 5.74) is 5.61. The molecule has 1 aromatic carbocycles. The Morgan fingerprint density at radius 1 is 1.14 bits per heavy atom. The van der Waals surface area contributed by atoms with Crippen molar-refractivity contribution in [3.8, 4) is 10.4 Å². The number of nitrogens with zero attached hydrogens (tertiary/aromatic N) is 3. The molecule has 2 amide bonds. The topological polar surface area (TPSA) is 109 Å². The van der Waals surface area contributed by atoms with E-state index in [1.165, 1.54) is 4.90 Å². The van der Waals surface area contributed by atoms with E-state index in [-0.39, 0.29) is 42.7 Å². The summed E-state index contributed by atoms with van der Waals surface area (Å²) in [5, 5.41) is 17.6. The van der Waals surface area contributed by atoms with Crippen LogP contribution in [-0.2, 0) is 9.59 Å². The Kier molecular flexibility index (Phi) is 8.14. The second-order valence-electron chi connectivity index (χ2n) is 10.6. The lowest BCUT2D eigenvalue weighted by Crippen LogP contribution is -2.49. The number of aliphatic hydroxyl groups is 1. The van der Waals surface area contributed by atoms with Crippen LogP contribution in [0.2, 0.25) is 0 Å². The Hall–Kier alpha value is -3.04. The lowest BCUT2D eigenvalue weighted by atomic mass is 9.91. The maximum Gasteiger partial charge on any atom is 0.243 e. The summed E-state index contributed by atoms with van der Waals surface area (Å²) >= 11 is 1.61. The first kappa shape index (κ1) is 27.0. The van der Waals surface area contributed by atoms with E-state index in [0.717, 1.165) is 21.7 Å². The van der Waals surface area contributed by atoms with Crippen LogP contribution in [0.1, 0.15) is 68.8 Å². The number of carbonyl (C=O) groups is 2. The monoisotopic (exact) mass is 524 g/mol. The molecule has 0 aliphatic carbocycles. The highest BCUT2D eigenvalue weighted by Gasteiger charge is 2.43. The molecule has 4 rings (SSSR count). The van der Waals surface area contributed by atoms with Crippen molar-refractivity contribution in [1.29, 1.82) is 0 Å². The molecular formula is C28H36N4O4S. The molecule has 0 spiro atoms. The Morgan fingerprint density at radius 2 is 1.84 bits per heavy atom. The predicted molar refractivity (Wildman–Crippen MR) is 143 cm³/mol. The zero-order valence-corrected chi connectivity index (χ0v) is 23.1. The molecule has 1 fully saturated rings. The van der Waals surface area contributed by atoms with Crippen molar-refractivity contribution in [3.63, 3.8) is 0 Å². The number of aryl methyl sites for hydroxylation is 2. The van der Waals surface area contributed by atoms with E-state index < -0.39 is 18.1 Å². The van der Waals surface area contributed by atoms with Gasteiger partial charge in [0.2, 0.25) is 11.8 Å². The number of carbonyl (C=O) groups excluding carboxylic acids is 2. The summed E-state index contributed by atoms with van der Waals surface area (Å²) in [6.45, 7) is 11.9. The van der Waals surface area contributed by atoms with Crippen LogP contribution in [0.4, 0.5) is 0 Å². The van der Waals surface area contributed by atoms with Gasteiger partial charge >= 0.3 is 0 Å². The number of β-amino-alcohol motifs (C(OH)–C–C–N with tert-alkyl or cyclic N) is 1. The smallest absolute Gasteiger partial charge is 0.243 e. The van der Waals surface area contributed by atoms with E-state index in [4.69, 9.17) is 4.52 Å². The average Bonchev–Trinajstić information content (AvgIpc) is 3.57. The summed E-state index contributed by atoms with van der Waals surface area (Å²) in [6, 6.07) is 8.94. The largest absolute Gasteiger partial charge is 0.391 e. The first-order chi connectivity index (χ1) is 17.6. The van der Waals surface area contributed by atoms with Gasteiger partial charge in [-0.25, -0.2) is 4.98 Å². The van der Waals surface area contributed by atoms with E-state index in [1.54, 1.807) is 17.4 Å². The second kappa shape index (κ2) is 11.1. The first-order valence-corrected chi connectivity index (χ1v) is 13.7. The van der Waals surface area contributed by atoms with Crippen molar-refractivity contribution >= 4 is 23.2 Å². The van der Waals surface area contributed by atoms with Crippen LogP contribution in [-0.4, -0.2) is 50.7 Å². The molecule has 0 radical (unpaired) electrons. The van der Waals surface area contributed by atoms with Crippen LogP contribution in [0.15, 0.2) is 40.4 Å². The van der Waals surface area contributed by atoms with Crippen molar-refractivity contribution in [1.82, 2.24) is 20.4 Å². The highest BCUT2D eigenvalue weighted by Crippen LogP contribution is 2.33. The highest BCUT2D eigenvalue weighted by molar-refractivity contribution is 7.13. The minimum Gasteiger partial charge on any atom is -0.391 e. The maximum absolute atomic E-state index is 13.7. The number of hydrogen-bond donors (Lipinski definition) is 2. The Bertz CT molecular complexity index is 1230. The number of aliphatic hydroxyl groups excluding tert-OH is 1. The van der Waals surface area contributed by atoms with Gasteiger partial charge in [-0.2, -0.15) is 0 Å². The fourth-order valence-corrected chi connectivity index (χ4v) is 5.87. The molecule has 3 aromatic rings. The van der Waals surface area contributed by atoms with Crippen molar-refractivity contribution in [2.45, 2.75) is 72.1 Å². The molecule has 1 aliphatic heterocycles. The Morgan fingerprint density at radius 3 is 2.38 bits per heavy atom. The number of likely N-dealkylation sites (tertiary alicyclic amines) is 1. The van der Waals surface area contributed by atoms with Gasteiger partial charge in [0.15, 0.2) is 0 Å². The second-order valence-corrected chi connectivity index (χ2v) is 11.5. The molecule has 0 unspecified atom stereocenters. The predicted octanol–water partition coefficient (Wildman–Crippen LogP) is 4.63. The summed E-state index contributed by atoms with van der Waals surface area (Å²) in [5.74, 6) is -0.531. The highest BCUT2D eigenvalue weighted by atomic mass is 32.1. The van der Waals surface area contributed by atoms with Gasteiger partial charge in [-0.05, 0) is 36.8 Å². The lowest BCUT2D eigenvalue weighted by molar-refractivity contribution is -0.141. The number of benzene rings is 1. The van der Waals surface area contributed by atoms with Crippen LogP contribution in [0.5, 0.6) is 0 Å². The summed E-state index contributed by atoms with van der Waals surface area (Å²) in [4.78, 5) is 34.2. The van der Waals surface area contributed by atoms with Crippen LogP contribution in [0.25, 0.3) is 10.4 Å². The van der Waals surface area contributed by atoms with Crippen molar-refractivity contribution in [2.24, 2.45) is 11.8 Å². The number of rotatable bonds is 8. The van der Waals surface area contributed by atoms with Gasteiger partial charge < -0.3 is 19.8 Å². The molecule has 1 aliphatic rings. The van der Waals surface area contributed by atoms with Gasteiger partial charge in [-0.15, -0.1) is 11.3 Å². The van der Waals surface area contributed by atoms with Gasteiger partial charge in [0.05, 0.1) is 33.9 Å². The molecule has 0 saturated carbocycles. The molecule has 8 nitrogen and oxygen atoms in total. The van der Waals surface area contributed by atoms with Crippen LogP contribution in [0.3, 0.4) is 0 Å². The van der Waals surface area contributed by atoms with E-state index in [1.807, 2.05) is 45.3 Å². The molecule has 3 heterocycles. The van der Waals surface area contributed by atoms with Crippen LogP contribution >= 0.6 is 11.3 Å². The summed E-state index contributed by atoms with van der Waals surface area (Å²) in [6.07, 6.45) is -0.560. The number of hydrogen-bond acceptors (Lipinski definition) is 7. The molecule has 1 saturated heterocycles. The molecule has 4 atom stereocenters. The van der Waals surface area contributed by atoms with Gasteiger partial charge in [-0.1, -0.05) is 57.1 Å². The number of amides is 2. The van der Waals surface area contributed by atoms with Crippen molar-refractivity contribution in [2.75, 3.05) is 6.54 Å². The number of nitrogens with one attached hydrogen (secondary N) is 1. The lowest BCUT2D eigenvalue weighted by Gasteiger charge is -2.31. The fourth-order valence-electron chi connectivity index (χ4n) is 5.05. The minimum absolute atomic E-state index is 0.0644. The first-order valence-electron chi connectivity index (χ1n) is 12.8. The minimum atomic E-state index is -0.761. The normalized spacial score (nSPS) is 19.4. The van der Waals surface area contributed by atoms with E-state index in [9.17, 15) is 14.7 Å². The van der Waals surface area contributed by atoms with E-state index >= 15 is 0 Å². The maximum atomic E-state index is 13.7. The van der Waals surface area contributed by atoms with E-state index in [0.29, 0.717) is 11.5 Å². The Balaban J connectivity index is 1.53. The van der Waals surface area contributed by atoms with Gasteiger partial charge in [-0.3, -0.25) is 9.59 Å². The van der Waals surface area contributed by atoms with Crippen molar-refractivity contribution in [3.05, 3.63) is 58.6 Å². The van der Waals surface area contributed by atoms with Gasteiger partial charge in [0.25, 0.3) is 0 Å². The molecule has 198 valence electrons. The molecular weight excluding hydrogens is 488 g/mol. The average molecular weight is 525 g/mol. The molecule has 0 bridgehead atoms. The summed E-state index contributed by atoms with van der Waals surface area (Å²) in [7, 11) is 0. The van der Waals surface area contributed by atoms with Gasteiger partial charge in [0.1, 0.15) is 17.7 Å². The zero-order chi connectivity index (χ0) is 26.9. The molecule has 37 heavy (non-hydrogen) atoms.